The van der Waals surface area contributed by atoms with Gasteiger partial charge in [-0.15, -0.1) is 0 Å². The van der Waals surface area contributed by atoms with Gasteiger partial charge in [-0.1, -0.05) is 6.92 Å². The van der Waals surface area contributed by atoms with Gasteiger partial charge < -0.3 is 14.5 Å². The number of nitrogens with zero attached hydrogens (tertiary/aromatic N) is 1. The second kappa shape index (κ2) is 4.95. The van der Waals surface area contributed by atoms with Gasteiger partial charge in [-0.25, -0.2) is 4.79 Å². The Hall–Kier alpha value is -2.15. The Kier molecular flexibility index (Phi) is 3.32. The van der Waals surface area contributed by atoms with E-state index in [1.165, 1.54) is 20.4 Å². The molecule has 1 aromatic heterocycles. The number of esters is 1. The molecule has 2 saturated heterocycles. The molecule has 2 aliphatic heterocycles. The van der Waals surface area contributed by atoms with Crippen molar-refractivity contribution < 1.29 is 28.9 Å². The Morgan fingerprint density at radius 1 is 1.45 bits per heavy atom. The average Bonchev–Trinajstić information content (AvgIpc) is 3.21. The van der Waals surface area contributed by atoms with E-state index in [1.807, 2.05) is 6.92 Å². The highest BCUT2D eigenvalue weighted by Gasteiger charge is 2.71. The standard InChI is InChI=1S/C15H18N2O5/c1-4-15(14(20)21-3)10-9(12(18)17(2)13(10)19)11(16-15)8-6-5-7-22-8/h5-7,9-11,16H,4H2,1-3H3/p+1/t9-,10-,11-,15+/m0/s1. The monoisotopic (exact) mass is 307 g/mol. The maximum absolute atomic E-state index is 12.6. The van der Waals surface area contributed by atoms with Crippen molar-refractivity contribution in [3.05, 3.63) is 24.2 Å². The van der Waals surface area contributed by atoms with Crippen molar-refractivity contribution in [1.82, 2.24) is 4.90 Å². The lowest BCUT2D eigenvalue weighted by molar-refractivity contribution is -0.736. The van der Waals surface area contributed by atoms with Crippen LogP contribution in [0.15, 0.2) is 22.8 Å². The smallest absolute Gasteiger partial charge is 0.368 e. The third kappa shape index (κ3) is 1.68. The summed E-state index contributed by atoms with van der Waals surface area (Å²) in [5.74, 6) is -1.82. The van der Waals surface area contributed by atoms with Crippen molar-refractivity contribution in [2.45, 2.75) is 24.9 Å². The van der Waals surface area contributed by atoms with Gasteiger partial charge in [0.2, 0.25) is 17.4 Å². The van der Waals surface area contributed by atoms with Gasteiger partial charge in [0.1, 0.15) is 11.8 Å². The average molecular weight is 307 g/mol. The van der Waals surface area contributed by atoms with Crippen LogP contribution in [-0.2, 0) is 19.1 Å². The van der Waals surface area contributed by atoms with Crippen LogP contribution in [0.5, 0.6) is 0 Å². The molecule has 2 aliphatic rings. The van der Waals surface area contributed by atoms with Gasteiger partial charge in [0, 0.05) is 13.5 Å². The second-order valence-electron chi connectivity index (χ2n) is 5.83. The molecule has 4 atom stereocenters. The fraction of sp³-hybridized carbons (Fsp3) is 0.533. The number of amides is 2. The molecular weight excluding hydrogens is 288 g/mol. The summed E-state index contributed by atoms with van der Waals surface area (Å²) in [7, 11) is 2.76. The molecule has 7 heteroatoms. The van der Waals surface area contributed by atoms with Gasteiger partial charge in [0.25, 0.3) is 0 Å². The van der Waals surface area contributed by atoms with Crippen molar-refractivity contribution >= 4 is 17.8 Å². The normalized spacial score (nSPS) is 34.1. The fourth-order valence-electron chi connectivity index (χ4n) is 3.87. The minimum atomic E-state index is -1.09. The lowest BCUT2D eigenvalue weighted by Crippen LogP contribution is -2.98. The highest BCUT2D eigenvalue weighted by molar-refractivity contribution is 6.08. The summed E-state index contributed by atoms with van der Waals surface area (Å²) in [5.41, 5.74) is -1.09. The highest BCUT2D eigenvalue weighted by atomic mass is 16.5. The predicted molar refractivity (Wildman–Crippen MR) is 73.2 cm³/mol. The first kappa shape index (κ1) is 14.8. The molecule has 0 bridgehead atoms. The lowest BCUT2D eigenvalue weighted by Gasteiger charge is -2.27. The van der Waals surface area contributed by atoms with Crippen LogP contribution in [0.1, 0.15) is 25.1 Å². The number of carbonyl (C=O) groups is 3. The molecule has 0 spiro atoms. The Bertz CT molecular complexity index is 626. The van der Waals surface area contributed by atoms with Crippen molar-refractivity contribution in [2.75, 3.05) is 14.2 Å². The van der Waals surface area contributed by atoms with Gasteiger partial charge in [0.15, 0.2) is 11.8 Å². The molecule has 0 saturated carbocycles. The number of carbonyl (C=O) groups excluding carboxylic acids is 3. The number of quaternary nitrogens is 1. The quantitative estimate of drug-likeness (QED) is 0.597. The minimum Gasteiger partial charge on any atom is -0.464 e. The van der Waals surface area contributed by atoms with Crippen LogP contribution >= 0.6 is 0 Å². The Morgan fingerprint density at radius 2 is 2.18 bits per heavy atom. The topological polar surface area (TPSA) is 93.4 Å². The van der Waals surface area contributed by atoms with Crippen molar-refractivity contribution in [3.63, 3.8) is 0 Å². The van der Waals surface area contributed by atoms with Crippen LogP contribution in [0.25, 0.3) is 0 Å². The van der Waals surface area contributed by atoms with E-state index in [0.717, 1.165) is 4.90 Å². The number of ether oxygens (including phenoxy) is 1. The SMILES string of the molecule is CC[C@@]1(C(=O)OC)[NH2+][C@@H](c2ccco2)[C@H]2C(=O)N(C)C(=O)[C@H]21. The van der Waals surface area contributed by atoms with Crippen LogP contribution in [0.3, 0.4) is 0 Å². The Morgan fingerprint density at radius 3 is 2.73 bits per heavy atom. The molecule has 3 rings (SSSR count). The molecular formula is C15H19N2O5+. The van der Waals surface area contributed by atoms with Crippen LogP contribution < -0.4 is 5.32 Å². The number of hydrogen-bond donors (Lipinski definition) is 1. The van der Waals surface area contributed by atoms with E-state index in [9.17, 15) is 14.4 Å². The second-order valence-corrected chi connectivity index (χ2v) is 5.83. The largest absolute Gasteiger partial charge is 0.464 e. The summed E-state index contributed by atoms with van der Waals surface area (Å²) >= 11 is 0. The van der Waals surface area contributed by atoms with E-state index in [4.69, 9.17) is 9.15 Å². The summed E-state index contributed by atoms with van der Waals surface area (Å²) < 4.78 is 10.4. The van der Waals surface area contributed by atoms with E-state index in [1.54, 1.807) is 17.4 Å². The molecule has 22 heavy (non-hydrogen) atoms. The minimum absolute atomic E-state index is 0.271. The summed E-state index contributed by atoms with van der Waals surface area (Å²) in [4.78, 5) is 38.6. The van der Waals surface area contributed by atoms with Crippen LogP contribution in [0.2, 0.25) is 0 Å². The van der Waals surface area contributed by atoms with E-state index < -0.39 is 29.4 Å². The third-order valence-electron chi connectivity index (χ3n) is 5.01. The molecule has 0 unspecified atom stereocenters. The lowest BCUT2D eigenvalue weighted by atomic mass is 9.78. The molecule has 0 radical (unpaired) electrons. The third-order valence-corrected chi connectivity index (χ3v) is 5.01. The zero-order chi connectivity index (χ0) is 16.1. The number of imide groups is 1. The molecule has 118 valence electrons. The van der Waals surface area contributed by atoms with Gasteiger partial charge >= 0.3 is 5.97 Å². The van der Waals surface area contributed by atoms with E-state index in [-0.39, 0.29) is 11.8 Å². The van der Waals surface area contributed by atoms with E-state index >= 15 is 0 Å². The summed E-state index contributed by atoms with van der Waals surface area (Å²) in [6.07, 6.45) is 1.91. The van der Waals surface area contributed by atoms with Gasteiger partial charge in [-0.3, -0.25) is 14.5 Å². The number of likely N-dealkylation sites (tertiary alicyclic amines) is 1. The highest BCUT2D eigenvalue weighted by Crippen LogP contribution is 2.45. The zero-order valence-corrected chi connectivity index (χ0v) is 12.7. The van der Waals surface area contributed by atoms with Crippen molar-refractivity contribution in [2.24, 2.45) is 11.8 Å². The Labute approximate surface area is 127 Å². The predicted octanol–water partition coefficient (Wildman–Crippen LogP) is -0.549. The Balaban J connectivity index is 2.13. The first-order valence-electron chi connectivity index (χ1n) is 7.27. The van der Waals surface area contributed by atoms with Crippen molar-refractivity contribution in [1.29, 1.82) is 0 Å². The molecule has 7 nitrogen and oxygen atoms in total. The number of furan rings is 1. The van der Waals surface area contributed by atoms with Gasteiger partial charge in [0.05, 0.1) is 13.4 Å². The van der Waals surface area contributed by atoms with Crippen molar-refractivity contribution in [3.8, 4) is 0 Å². The maximum atomic E-state index is 12.6. The van der Waals surface area contributed by atoms with E-state index in [0.29, 0.717) is 12.2 Å². The zero-order valence-electron chi connectivity index (χ0n) is 12.7. The summed E-state index contributed by atoms with van der Waals surface area (Å²) in [6, 6.07) is 3.09. The number of fused-ring (bicyclic) bond motifs is 1. The number of nitrogens with two attached hydrogens (primary N) is 1. The number of methoxy groups -OCH3 is 1. The molecule has 2 N–H and O–H groups in total. The molecule has 0 aliphatic carbocycles. The molecule has 0 aromatic carbocycles. The number of rotatable bonds is 3. The van der Waals surface area contributed by atoms with Gasteiger partial charge in [-0.05, 0) is 12.1 Å². The number of hydrogen-bond acceptors (Lipinski definition) is 5. The molecule has 2 amide bonds. The first-order chi connectivity index (χ1) is 10.5. The van der Waals surface area contributed by atoms with Crippen LogP contribution in [-0.4, -0.2) is 42.4 Å². The molecule has 1 aromatic rings. The summed E-state index contributed by atoms with van der Waals surface area (Å²) in [5, 5.41) is 1.77. The van der Waals surface area contributed by atoms with Crippen LogP contribution in [0.4, 0.5) is 0 Å². The van der Waals surface area contributed by atoms with E-state index in [2.05, 4.69) is 0 Å². The first-order valence-corrected chi connectivity index (χ1v) is 7.27. The molecule has 2 fully saturated rings. The van der Waals surface area contributed by atoms with Crippen LogP contribution in [0, 0.1) is 11.8 Å². The fourth-order valence-corrected chi connectivity index (χ4v) is 3.87. The summed E-state index contributed by atoms with van der Waals surface area (Å²) in [6.45, 7) is 1.82. The maximum Gasteiger partial charge on any atom is 0.368 e. The van der Waals surface area contributed by atoms with Gasteiger partial charge in [-0.2, -0.15) is 0 Å². The molecule has 3 heterocycles.